The Morgan fingerprint density at radius 1 is 1.07 bits per heavy atom. The third-order valence-electron chi connectivity index (χ3n) is 10.6. The number of halogens is 1. The quantitative estimate of drug-likeness (QED) is 0.355. The van der Waals surface area contributed by atoms with Crippen LogP contribution in [0, 0.1) is 24.2 Å². The van der Waals surface area contributed by atoms with Gasteiger partial charge >= 0.3 is 0 Å². The van der Waals surface area contributed by atoms with Gasteiger partial charge in [0.15, 0.2) is 5.82 Å². The third-order valence-corrected chi connectivity index (χ3v) is 10.9. The molecule has 6 rings (SSSR count). The number of aromatic nitrogens is 5. The van der Waals surface area contributed by atoms with E-state index < -0.39 is 5.54 Å². The lowest BCUT2D eigenvalue weighted by atomic mass is 9.63. The predicted octanol–water partition coefficient (Wildman–Crippen LogP) is 5.73. The normalized spacial score (nSPS) is 25.8. The van der Waals surface area contributed by atoms with Gasteiger partial charge in [0.2, 0.25) is 11.8 Å². The van der Waals surface area contributed by atoms with Crippen LogP contribution < -0.4 is 5.73 Å². The molecule has 3 heterocycles. The van der Waals surface area contributed by atoms with Gasteiger partial charge in [-0.1, -0.05) is 48.2 Å². The zero-order chi connectivity index (χ0) is 29.2. The highest BCUT2D eigenvalue weighted by atomic mass is 35.5. The first-order chi connectivity index (χ1) is 20.3. The van der Waals surface area contributed by atoms with E-state index in [-0.39, 0.29) is 23.2 Å². The van der Waals surface area contributed by atoms with Gasteiger partial charge in [-0.3, -0.25) is 9.48 Å². The van der Waals surface area contributed by atoms with Crippen molar-refractivity contribution in [3.8, 4) is 0 Å². The summed E-state index contributed by atoms with van der Waals surface area (Å²) < 4.78 is 7.50. The first kappa shape index (κ1) is 29.3. The van der Waals surface area contributed by atoms with Crippen LogP contribution in [0.15, 0.2) is 41.4 Å². The minimum Gasteiger partial charge on any atom is -0.342 e. The van der Waals surface area contributed by atoms with Crippen molar-refractivity contribution < 1.29 is 9.32 Å². The Labute approximate surface area is 253 Å². The molecule has 0 bridgehead atoms. The minimum atomic E-state index is -0.596. The lowest BCUT2D eigenvalue weighted by Gasteiger charge is -2.49. The largest absolute Gasteiger partial charge is 0.342 e. The van der Waals surface area contributed by atoms with Gasteiger partial charge in [0.1, 0.15) is 12.7 Å². The number of nitrogens with zero attached hydrogens (tertiary/aromatic N) is 6. The second kappa shape index (κ2) is 12.4. The highest BCUT2D eigenvalue weighted by Gasteiger charge is 2.48. The number of nitrogens with two attached hydrogens (primary N) is 1. The third kappa shape index (κ3) is 6.27. The number of carbonyl (C=O) groups excluding carboxylic acids is 1. The lowest BCUT2D eigenvalue weighted by molar-refractivity contribution is -0.142. The molecule has 1 aromatic carbocycles. The molecule has 3 fully saturated rings. The van der Waals surface area contributed by atoms with E-state index in [1.165, 1.54) is 32.1 Å². The van der Waals surface area contributed by atoms with E-state index in [9.17, 15) is 4.79 Å². The molecular formula is C32H44ClN7O2. The van der Waals surface area contributed by atoms with E-state index >= 15 is 0 Å². The molecule has 0 unspecified atom stereocenters. The number of piperidine rings is 1. The van der Waals surface area contributed by atoms with Gasteiger partial charge in [-0.25, -0.2) is 4.98 Å². The number of hydrogen-bond donors (Lipinski definition) is 1. The summed E-state index contributed by atoms with van der Waals surface area (Å²) in [6.07, 6.45) is 15.7. The van der Waals surface area contributed by atoms with Gasteiger partial charge in [-0.15, -0.1) is 0 Å². The second-order valence-corrected chi connectivity index (χ2v) is 13.6. The molecule has 3 aromatic rings. The molecular weight excluding hydrogens is 550 g/mol. The number of rotatable bonds is 8. The Hall–Kier alpha value is -2.78. The molecule has 9 nitrogen and oxygen atoms in total. The van der Waals surface area contributed by atoms with Crippen molar-refractivity contribution in [1.82, 2.24) is 29.8 Å². The average molecular weight is 594 g/mol. The van der Waals surface area contributed by atoms with Crippen LogP contribution in [0.3, 0.4) is 0 Å². The Morgan fingerprint density at radius 2 is 1.79 bits per heavy atom. The first-order valence-electron chi connectivity index (χ1n) is 15.8. The molecule has 1 atom stereocenters. The summed E-state index contributed by atoms with van der Waals surface area (Å²) in [6.45, 7) is 4.25. The van der Waals surface area contributed by atoms with Crippen LogP contribution in [0.4, 0.5) is 0 Å². The Kier molecular flexibility index (Phi) is 8.68. The fraction of sp³-hybridized carbons (Fsp3) is 0.656. The molecule has 0 radical (unpaired) electrons. The Morgan fingerprint density at radius 3 is 2.40 bits per heavy atom. The van der Waals surface area contributed by atoms with Crippen molar-refractivity contribution in [1.29, 1.82) is 0 Å². The number of hydrogen-bond acceptors (Lipinski definition) is 7. The molecule has 0 spiro atoms. The monoisotopic (exact) mass is 593 g/mol. The number of benzene rings is 1. The molecule has 10 heteroatoms. The topological polar surface area (TPSA) is 116 Å². The molecule has 3 aliphatic rings. The van der Waals surface area contributed by atoms with Crippen LogP contribution in [-0.4, -0.2) is 54.3 Å². The lowest BCUT2D eigenvalue weighted by Crippen LogP contribution is -2.58. The van der Waals surface area contributed by atoms with Crippen LogP contribution in [-0.2, 0) is 17.8 Å². The zero-order valence-electron chi connectivity index (χ0n) is 24.8. The predicted molar refractivity (Wildman–Crippen MR) is 161 cm³/mol. The van der Waals surface area contributed by atoms with Gasteiger partial charge < -0.3 is 15.2 Å². The molecule has 2 aliphatic carbocycles. The Balaban J connectivity index is 1.20. The molecule has 1 saturated heterocycles. The van der Waals surface area contributed by atoms with Crippen molar-refractivity contribution in [3.05, 3.63) is 59.2 Å². The number of amides is 1. The molecule has 2 saturated carbocycles. The van der Waals surface area contributed by atoms with E-state index in [1.54, 1.807) is 6.33 Å². The van der Waals surface area contributed by atoms with Gasteiger partial charge in [-0.2, -0.15) is 10.1 Å². The molecule has 2 aromatic heterocycles. The highest BCUT2D eigenvalue weighted by Crippen LogP contribution is 2.48. The fourth-order valence-corrected chi connectivity index (χ4v) is 8.19. The summed E-state index contributed by atoms with van der Waals surface area (Å²) in [7, 11) is 0. The van der Waals surface area contributed by atoms with Crippen LogP contribution in [0.5, 0.6) is 0 Å². The van der Waals surface area contributed by atoms with Crippen molar-refractivity contribution in [2.75, 3.05) is 13.1 Å². The maximum absolute atomic E-state index is 14.5. The van der Waals surface area contributed by atoms with E-state index in [1.807, 2.05) is 42.2 Å². The van der Waals surface area contributed by atoms with Crippen LogP contribution >= 0.6 is 11.6 Å². The molecule has 42 heavy (non-hydrogen) atoms. The van der Waals surface area contributed by atoms with Gasteiger partial charge in [0.05, 0.1) is 5.92 Å². The number of aryl methyl sites for hydroxylation is 1. The van der Waals surface area contributed by atoms with Gasteiger partial charge in [-0.05, 0) is 93.7 Å². The van der Waals surface area contributed by atoms with Gasteiger partial charge in [0, 0.05) is 36.1 Å². The SMILES string of the molecule is Cc1noc([C@H]2CC[C@@](N)([C@@H](Cc3ccc(Cl)cc3)C(=O)N3CCC(Cn4cncn4)(C4CCCCC4)CC3)CC2)n1. The van der Waals surface area contributed by atoms with Crippen molar-refractivity contribution in [2.24, 2.45) is 23.0 Å². The average Bonchev–Trinajstić information content (AvgIpc) is 3.69. The first-order valence-corrected chi connectivity index (χ1v) is 16.2. The molecule has 226 valence electrons. The maximum Gasteiger partial charge on any atom is 0.229 e. The zero-order valence-corrected chi connectivity index (χ0v) is 25.5. The van der Waals surface area contributed by atoms with E-state index in [4.69, 9.17) is 21.9 Å². The van der Waals surface area contributed by atoms with Gasteiger partial charge in [0.25, 0.3) is 0 Å². The van der Waals surface area contributed by atoms with E-state index in [0.717, 1.165) is 63.7 Å². The second-order valence-electron chi connectivity index (χ2n) is 13.2. The smallest absolute Gasteiger partial charge is 0.229 e. The van der Waals surface area contributed by atoms with Crippen molar-refractivity contribution in [2.45, 2.75) is 102 Å². The molecule has 1 amide bonds. The van der Waals surface area contributed by atoms with Crippen molar-refractivity contribution >= 4 is 17.5 Å². The van der Waals surface area contributed by atoms with Crippen LogP contribution in [0.1, 0.15) is 93.8 Å². The summed E-state index contributed by atoms with van der Waals surface area (Å²) >= 11 is 6.20. The van der Waals surface area contributed by atoms with E-state index in [2.05, 4.69) is 25.1 Å². The summed E-state index contributed by atoms with van der Waals surface area (Å²) in [5.74, 6) is 2.10. The maximum atomic E-state index is 14.5. The summed E-state index contributed by atoms with van der Waals surface area (Å²) in [5, 5.41) is 9.15. The number of carbonyl (C=O) groups is 1. The standard InChI is InChI=1S/C32H44ClN7O2/c1-23-37-29(42-38-23)25-11-13-32(34,14-12-25)28(19-24-7-9-27(33)10-8-24)30(41)39-17-15-31(16-18-39,20-40-22-35-21-36-40)26-5-3-2-4-6-26/h7-10,21-22,25-26,28H,2-6,11-20,34H2,1H3/t25-,28-,32-/m0/s1. The van der Waals surface area contributed by atoms with Crippen LogP contribution in [0.2, 0.25) is 5.02 Å². The Bertz CT molecular complexity index is 1300. The highest BCUT2D eigenvalue weighted by molar-refractivity contribution is 6.30. The molecule has 1 aliphatic heterocycles. The molecule has 2 N–H and O–H groups in total. The minimum absolute atomic E-state index is 0.150. The summed E-state index contributed by atoms with van der Waals surface area (Å²) in [6, 6.07) is 7.86. The summed E-state index contributed by atoms with van der Waals surface area (Å²) in [5.41, 5.74) is 7.88. The number of likely N-dealkylation sites (tertiary alicyclic amines) is 1. The van der Waals surface area contributed by atoms with Crippen molar-refractivity contribution in [3.63, 3.8) is 0 Å². The van der Waals surface area contributed by atoms with Crippen LogP contribution in [0.25, 0.3) is 0 Å². The van der Waals surface area contributed by atoms with E-state index in [0.29, 0.717) is 29.1 Å². The fourth-order valence-electron chi connectivity index (χ4n) is 8.06. The summed E-state index contributed by atoms with van der Waals surface area (Å²) in [4.78, 5) is 25.3.